The molecule has 0 saturated heterocycles. The van der Waals surface area contributed by atoms with Gasteiger partial charge in [-0.25, -0.2) is 0 Å². The second kappa shape index (κ2) is 6.89. The number of hydrogen-bond donors (Lipinski definition) is 1. The average Bonchev–Trinajstić information content (AvgIpc) is 3.15. The predicted octanol–water partition coefficient (Wildman–Crippen LogP) is 2.64. The Bertz CT molecular complexity index is 592. The lowest BCUT2D eigenvalue weighted by molar-refractivity contribution is 0.395. The van der Waals surface area contributed by atoms with Crippen molar-refractivity contribution in [3.05, 3.63) is 42.2 Å². The largest absolute Gasteiger partial charge is 0.359 e. The molecule has 2 bridgehead atoms. The van der Waals surface area contributed by atoms with Crippen LogP contribution in [0.2, 0.25) is 0 Å². The first-order chi connectivity index (χ1) is 10.8. The lowest BCUT2D eigenvalue weighted by atomic mass is 10.0. The summed E-state index contributed by atoms with van der Waals surface area (Å²) in [7, 11) is 0. The van der Waals surface area contributed by atoms with Crippen molar-refractivity contribution in [2.45, 2.75) is 31.8 Å². The molecule has 114 valence electrons. The second-order valence-corrected chi connectivity index (χ2v) is 6.41. The molecule has 3 atom stereocenters. The molecule has 0 amide bonds. The van der Waals surface area contributed by atoms with E-state index in [4.69, 9.17) is 17.5 Å². The van der Waals surface area contributed by atoms with Crippen LogP contribution >= 0.6 is 12.2 Å². The number of aromatic nitrogens is 1. The van der Waals surface area contributed by atoms with E-state index >= 15 is 0 Å². The van der Waals surface area contributed by atoms with Gasteiger partial charge in [-0.15, -0.1) is 0 Å². The number of fused-ring (bicyclic) bond motifs is 2. The Morgan fingerprint density at radius 2 is 2.36 bits per heavy atom. The molecule has 1 N–H and O–H groups in total. The van der Waals surface area contributed by atoms with Gasteiger partial charge in [-0.3, -0.25) is 4.98 Å². The molecule has 1 aromatic heterocycles. The molecule has 1 aromatic rings. The standard InChI is InChI=1S/C17H20N4S/c18-6-2-8-21(12-14-3-1-7-19-11-14)17(22)20-16-10-13-4-5-15(16)9-13/h1,3-5,7,11,13,15-16H,2,8-10,12H2,(H,20,22)/t13-,15-,16+/m1/s1. The fourth-order valence-corrected chi connectivity index (χ4v) is 3.65. The first-order valence-electron chi connectivity index (χ1n) is 7.76. The van der Waals surface area contributed by atoms with E-state index in [0.717, 1.165) is 16.6 Å². The highest BCUT2D eigenvalue weighted by Crippen LogP contribution is 2.39. The van der Waals surface area contributed by atoms with Crippen LogP contribution in [0, 0.1) is 23.2 Å². The normalized spacial score (nSPS) is 25.0. The van der Waals surface area contributed by atoms with Gasteiger partial charge in [-0.05, 0) is 48.5 Å². The third-order valence-electron chi connectivity index (χ3n) is 4.46. The Kier molecular flexibility index (Phi) is 4.69. The Labute approximate surface area is 136 Å². The topological polar surface area (TPSA) is 52.0 Å². The van der Waals surface area contributed by atoms with Crippen LogP contribution in [-0.2, 0) is 6.54 Å². The van der Waals surface area contributed by atoms with Crippen molar-refractivity contribution in [2.75, 3.05) is 6.54 Å². The molecule has 0 spiro atoms. The molecule has 3 rings (SSSR count). The third-order valence-corrected chi connectivity index (χ3v) is 4.84. The molecule has 4 nitrogen and oxygen atoms in total. The molecule has 0 radical (unpaired) electrons. The number of thiocarbonyl (C=S) groups is 1. The maximum Gasteiger partial charge on any atom is 0.169 e. The van der Waals surface area contributed by atoms with E-state index < -0.39 is 0 Å². The molecule has 0 aliphatic heterocycles. The lowest BCUT2D eigenvalue weighted by Gasteiger charge is -2.29. The van der Waals surface area contributed by atoms with Crippen LogP contribution in [0.3, 0.4) is 0 Å². The highest BCUT2D eigenvalue weighted by atomic mass is 32.1. The monoisotopic (exact) mass is 312 g/mol. The molecule has 1 heterocycles. The Balaban J connectivity index is 1.62. The molecular formula is C17H20N4S. The van der Waals surface area contributed by atoms with Crippen LogP contribution in [0.25, 0.3) is 0 Å². The summed E-state index contributed by atoms with van der Waals surface area (Å²) in [4.78, 5) is 6.22. The van der Waals surface area contributed by atoms with Crippen LogP contribution in [0.1, 0.15) is 24.8 Å². The molecule has 2 aliphatic carbocycles. The van der Waals surface area contributed by atoms with Gasteiger partial charge in [0.25, 0.3) is 0 Å². The van der Waals surface area contributed by atoms with Crippen molar-refractivity contribution in [2.24, 2.45) is 11.8 Å². The molecule has 1 saturated carbocycles. The highest BCUT2D eigenvalue weighted by Gasteiger charge is 2.36. The van der Waals surface area contributed by atoms with E-state index in [1.54, 1.807) is 6.20 Å². The zero-order chi connectivity index (χ0) is 15.4. The van der Waals surface area contributed by atoms with Crippen molar-refractivity contribution < 1.29 is 0 Å². The Hall–Kier alpha value is -1.93. The van der Waals surface area contributed by atoms with Crippen molar-refractivity contribution >= 4 is 17.3 Å². The summed E-state index contributed by atoms with van der Waals surface area (Å²) >= 11 is 5.60. The molecule has 2 aliphatic rings. The number of hydrogen-bond acceptors (Lipinski definition) is 3. The van der Waals surface area contributed by atoms with Gasteiger partial charge in [0, 0.05) is 31.5 Å². The van der Waals surface area contributed by atoms with E-state index in [-0.39, 0.29) is 0 Å². The van der Waals surface area contributed by atoms with E-state index in [1.165, 1.54) is 12.8 Å². The quantitative estimate of drug-likeness (QED) is 0.669. The summed E-state index contributed by atoms with van der Waals surface area (Å²) < 4.78 is 0. The van der Waals surface area contributed by atoms with Crippen LogP contribution in [0.15, 0.2) is 36.7 Å². The number of rotatable bonds is 5. The smallest absolute Gasteiger partial charge is 0.169 e. The minimum Gasteiger partial charge on any atom is -0.359 e. The van der Waals surface area contributed by atoms with Crippen molar-refractivity contribution in [1.29, 1.82) is 5.26 Å². The summed E-state index contributed by atoms with van der Waals surface area (Å²) in [6, 6.07) is 6.61. The van der Waals surface area contributed by atoms with Gasteiger partial charge in [0.15, 0.2) is 5.11 Å². The molecule has 5 heteroatoms. The second-order valence-electron chi connectivity index (χ2n) is 6.03. The SMILES string of the molecule is N#CCCN(Cc1cccnc1)C(=S)N[C@H]1C[C@@H]2C=C[C@@H]1C2. The van der Waals surface area contributed by atoms with Crippen molar-refractivity contribution in [3.63, 3.8) is 0 Å². The third kappa shape index (κ3) is 3.45. The number of allylic oxidation sites excluding steroid dienone is 1. The highest BCUT2D eigenvalue weighted by molar-refractivity contribution is 7.80. The maximum atomic E-state index is 8.87. The van der Waals surface area contributed by atoms with Gasteiger partial charge in [0.1, 0.15) is 0 Å². The maximum absolute atomic E-state index is 8.87. The van der Waals surface area contributed by atoms with Gasteiger partial charge in [-0.2, -0.15) is 5.26 Å². The Morgan fingerprint density at radius 1 is 1.45 bits per heavy atom. The van der Waals surface area contributed by atoms with Gasteiger partial charge < -0.3 is 10.2 Å². The van der Waals surface area contributed by atoms with Gasteiger partial charge in [0.05, 0.1) is 12.5 Å². The van der Waals surface area contributed by atoms with Crippen LogP contribution < -0.4 is 5.32 Å². The van der Waals surface area contributed by atoms with Gasteiger partial charge in [0.2, 0.25) is 0 Å². The molecule has 0 aromatic carbocycles. The average molecular weight is 312 g/mol. The zero-order valence-corrected chi connectivity index (χ0v) is 13.3. The fourth-order valence-electron chi connectivity index (χ4n) is 3.35. The summed E-state index contributed by atoms with van der Waals surface area (Å²) in [6.07, 6.45) is 11.1. The predicted molar refractivity (Wildman–Crippen MR) is 89.8 cm³/mol. The number of pyridine rings is 1. The van der Waals surface area contributed by atoms with Crippen molar-refractivity contribution in [1.82, 2.24) is 15.2 Å². The summed E-state index contributed by atoms with van der Waals surface area (Å²) in [5.41, 5.74) is 1.11. The van der Waals surface area contributed by atoms with Crippen molar-refractivity contribution in [3.8, 4) is 6.07 Å². The zero-order valence-electron chi connectivity index (χ0n) is 12.5. The number of nitrogens with zero attached hydrogens (tertiary/aromatic N) is 3. The Morgan fingerprint density at radius 3 is 3.00 bits per heavy atom. The van der Waals surface area contributed by atoms with E-state index in [2.05, 4.69) is 33.4 Å². The minimum atomic E-state index is 0.445. The van der Waals surface area contributed by atoms with Crippen LogP contribution in [0.5, 0.6) is 0 Å². The lowest BCUT2D eigenvalue weighted by Crippen LogP contribution is -2.46. The van der Waals surface area contributed by atoms with Gasteiger partial charge >= 0.3 is 0 Å². The molecule has 1 fully saturated rings. The first-order valence-corrected chi connectivity index (χ1v) is 8.16. The molecular weight excluding hydrogens is 292 g/mol. The number of nitriles is 1. The fraction of sp³-hybridized carbons (Fsp3) is 0.471. The minimum absolute atomic E-state index is 0.445. The number of nitrogens with one attached hydrogen (secondary N) is 1. The molecule has 0 unspecified atom stereocenters. The summed E-state index contributed by atoms with van der Waals surface area (Å²) in [6.45, 7) is 1.34. The molecule has 22 heavy (non-hydrogen) atoms. The first kappa shape index (κ1) is 15.0. The van der Waals surface area contributed by atoms with Gasteiger partial charge in [-0.1, -0.05) is 18.2 Å². The van der Waals surface area contributed by atoms with Crippen LogP contribution in [-0.4, -0.2) is 27.6 Å². The van der Waals surface area contributed by atoms with E-state index in [0.29, 0.717) is 31.5 Å². The van der Waals surface area contributed by atoms with Crippen LogP contribution in [0.4, 0.5) is 0 Å². The van der Waals surface area contributed by atoms with E-state index in [1.807, 2.05) is 18.3 Å². The van der Waals surface area contributed by atoms with E-state index in [9.17, 15) is 0 Å². The summed E-state index contributed by atoms with van der Waals surface area (Å²) in [5.74, 6) is 1.33. The summed E-state index contributed by atoms with van der Waals surface area (Å²) in [5, 5.41) is 13.1.